The predicted molar refractivity (Wildman–Crippen MR) is 121 cm³/mol. The van der Waals surface area contributed by atoms with Crippen molar-refractivity contribution < 1.29 is 14.6 Å². The third kappa shape index (κ3) is 3.21. The zero-order chi connectivity index (χ0) is 21.9. The molecule has 0 radical (unpaired) electrons. The Balaban J connectivity index is 1.32. The highest BCUT2D eigenvalue weighted by molar-refractivity contribution is 6.11. The highest BCUT2D eigenvalue weighted by atomic mass is 16.5. The number of nitrogens with zero attached hydrogens (tertiary/aromatic N) is 2. The second kappa shape index (κ2) is 7.20. The molecule has 32 heavy (non-hydrogen) atoms. The number of carbonyl (C=O) groups excluding carboxylic acids is 1. The smallest absolute Gasteiger partial charge is 0.259 e. The summed E-state index contributed by atoms with van der Waals surface area (Å²) in [6.07, 6.45) is 8.09. The Morgan fingerprint density at radius 1 is 1.16 bits per heavy atom. The van der Waals surface area contributed by atoms with Crippen LogP contribution in [0.1, 0.15) is 42.5 Å². The predicted octanol–water partition coefficient (Wildman–Crippen LogP) is 3.57. The van der Waals surface area contributed by atoms with Gasteiger partial charge in [-0.3, -0.25) is 4.79 Å². The van der Waals surface area contributed by atoms with E-state index in [0.29, 0.717) is 34.7 Å². The standard InChI is InChI=1S/C24H27N5O3/c1-32-17-4-2-16(3-5-17)28-23(30)18-11-25-22-21(26-12-27-22)20(18)29-19-14-6-13-7-15(19)10-24(31,8-13)9-14/h2-5,11-15,19,31H,6-10H2,1H3,(H,28,30)(H2,25,26,27,29)/t13?,14-,15+,19?,24?. The number of nitrogens with one attached hydrogen (secondary N) is 3. The van der Waals surface area contributed by atoms with Gasteiger partial charge in [0.05, 0.1) is 30.3 Å². The highest BCUT2D eigenvalue weighted by Crippen LogP contribution is 2.56. The van der Waals surface area contributed by atoms with Gasteiger partial charge in [-0.1, -0.05) is 0 Å². The number of amides is 1. The van der Waals surface area contributed by atoms with Gasteiger partial charge in [-0.05, 0) is 74.1 Å². The molecule has 166 valence electrons. The minimum atomic E-state index is -0.495. The molecular formula is C24H27N5O3. The van der Waals surface area contributed by atoms with Crippen LogP contribution in [0.5, 0.6) is 5.75 Å². The summed E-state index contributed by atoms with van der Waals surface area (Å²) < 4.78 is 5.19. The molecule has 4 aliphatic rings. The molecule has 0 saturated heterocycles. The van der Waals surface area contributed by atoms with E-state index in [1.54, 1.807) is 19.6 Å². The number of aromatic nitrogens is 3. The average Bonchev–Trinajstić information content (AvgIpc) is 3.25. The zero-order valence-electron chi connectivity index (χ0n) is 18.0. The molecule has 3 unspecified atom stereocenters. The fraction of sp³-hybridized carbons (Fsp3) is 0.458. The molecule has 4 aliphatic carbocycles. The summed E-state index contributed by atoms with van der Waals surface area (Å²) in [5.41, 5.74) is 2.72. The van der Waals surface area contributed by atoms with Crippen LogP contribution in [0, 0.1) is 17.8 Å². The van der Waals surface area contributed by atoms with Crippen LogP contribution in [0.4, 0.5) is 11.4 Å². The molecule has 4 N–H and O–H groups in total. The maximum absolute atomic E-state index is 13.3. The number of carbonyl (C=O) groups is 1. The van der Waals surface area contributed by atoms with Crippen LogP contribution in [0.3, 0.4) is 0 Å². The van der Waals surface area contributed by atoms with Crippen molar-refractivity contribution in [1.82, 2.24) is 15.0 Å². The summed E-state index contributed by atoms with van der Waals surface area (Å²) in [6.45, 7) is 0. The maximum atomic E-state index is 13.3. The minimum Gasteiger partial charge on any atom is -0.497 e. The van der Waals surface area contributed by atoms with Crippen molar-refractivity contribution in [2.75, 3.05) is 17.7 Å². The number of rotatable bonds is 5. The van der Waals surface area contributed by atoms with E-state index in [9.17, 15) is 9.90 Å². The molecule has 8 nitrogen and oxygen atoms in total. The first-order valence-corrected chi connectivity index (χ1v) is 11.3. The Bertz CT molecular complexity index is 1160. The Labute approximate surface area is 185 Å². The summed E-state index contributed by atoms with van der Waals surface area (Å²) in [4.78, 5) is 25.1. The molecule has 8 heteroatoms. The van der Waals surface area contributed by atoms with Crippen molar-refractivity contribution in [2.24, 2.45) is 17.8 Å². The van der Waals surface area contributed by atoms with E-state index in [0.717, 1.165) is 49.1 Å². The van der Waals surface area contributed by atoms with Crippen LogP contribution in [0.25, 0.3) is 11.2 Å². The monoisotopic (exact) mass is 433 g/mol. The number of H-pyrrole nitrogens is 1. The fourth-order valence-electron chi connectivity index (χ4n) is 6.47. The summed E-state index contributed by atoms with van der Waals surface area (Å²) in [5.74, 6) is 1.95. The summed E-state index contributed by atoms with van der Waals surface area (Å²) in [5, 5.41) is 17.6. The third-order valence-corrected chi connectivity index (χ3v) is 7.60. The molecular weight excluding hydrogens is 406 g/mol. The van der Waals surface area contributed by atoms with Crippen molar-refractivity contribution >= 4 is 28.4 Å². The molecule has 0 spiro atoms. The molecule has 0 aliphatic heterocycles. The number of benzene rings is 1. The average molecular weight is 434 g/mol. The molecule has 4 bridgehead atoms. The lowest BCUT2D eigenvalue weighted by Gasteiger charge is -2.58. The Morgan fingerprint density at radius 3 is 2.59 bits per heavy atom. The lowest BCUT2D eigenvalue weighted by atomic mass is 9.52. The normalized spacial score (nSPS) is 30.4. The summed E-state index contributed by atoms with van der Waals surface area (Å²) in [7, 11) is 1.61. The number of hydrogen-bond acceptors (Lipinski definition) is 6. The number of fused-ring (bicyclic) bond motifs is 1. The quantitative estimate of drug-likeness (QED) is 0.489. The number of aromatic amines is 1. The molecule has 1 aromatic carbocycles. The van der Waals surface area contributed by atoms with Gasteiger partial charge in [0.15, 0.2) is 5.65 Å². The van der Waals surface area contributed by atoms with Crippen molar-refractivity contribution in [1.29, 1.82) is 0 Å². The van der Waals surface area contributed by atoms with Gasteiger partial charge in [-0.25, -0.2) is 9.97 Å². The summed E-state index contributed by atoms with van der Waals surface area (Å²) in [6, 6.07) is 7.47. The number of anilines is 2. The van der Waals surface area contributed by atoms with Gasteiger partial charge in [-0.15, -0.1) is 0 Å². The van der Waals surface area contributed by atoms with E-state index in [4.69, 9.17) is 4.74 Å². The lowest BCUT2D eigenvalue weighted by molar-refractivity contribution is -0.129. The van der Waals surface area contributed by atoms with Gasteiger partial charge >= 0.3 is 0 Å². The molecule has 2 heterocycles. The lowest BCUT2D eigenvalue weighted by Crippen LogP contribution is -2.59. The van der Waals surface area contributed by atoms with Crippen molar-refractivity contribution in [2.45, 2.75) is 43.7 Å². The number of imidazole rings is 1. The molecule has 2 aromatic heterocycles. The van der Waals surface area contributed by atoms with E-state index in [-0.39, 0.29) is 11.9 Å². The van der Waals surface area contributed by atoms with Crippen molar-refractivity contribution in [3.05, 3.63) is 42.4 Å². The first kappa shape index (κ1) is 19.5. The minimum absolute atomic E-state index is 0.230. The van der Waals surface area contributed by atoms with Crippen LogP contribution < -0.4 is 15.4 Å². The Morgan fingerprint density at radius 2 is 1.91 bits per heavy atom. The van der Waals surface area contributed by atoms with Crippen molar-refractivity contribution in [3.8, 4) is 5.75 Å². The zero-order valence-corrected chi connectivity index (χ0v) is 18.0. The first-order valence-electron chi connectivity index (χ1n) is 11.3. The van der Waals surface area contributed by atoms with Gasteiger partial charge in [0.1, 0.15) is 11.3 Å². The second-order valence-corrected chi connectivity index (χ2v) is 9.70. The van der Waals surface area contributed by atoms with Gasteiger partial charge < -0.3 is 25.5 Å². The maximum Gasteiger partial charge on any atom is 0.259 e. The number of aliphatic hydroxyl groups is 1. The van der Waals surface area contributed by atoms with Gasteiger partial charge in [-0.2, -0.15) is 0 Å². The van der Waals surface area contributed by atoms with Gasteiger partial charge in [0, 0.05) is 17.9 Å². The fourth-order valence-corrected chi connectivity index (χ4v) is 6.47. The van der Waals surface area contributed by atoms with E-state index in [2.05, 4.69) is 25.6 Å². The van der Waals surface area contributed by atoms with E-state index < -0.39 is 5.60 Å². The van der Waals surface area contributed by atoms with Crippen molar-refractivity contribution in [3.63, 3.8) is 0 Å². The van der Waals surface area contributed by atoms with Crippen LogP contribution in [-0.2, 0) is 0 Å². The highest BCUT2D eigenvalue weighted by Gasteiger charge is 2.54. The van der Waals surface area contributed by atoms with E-state index in [1.165, 1.54) is 0 Å². The van der Waals surface area contributed by atoms with Crippen LogP contribution in [-0.4, -0.2) is 44.7 Å². The van der Waals surface area contributed by atoms with Gasteiger partial charge in [0.25, 0.3) is 5.91 Å². The van der Waals surface area contributed by atoms with E-state index in [1.807, 2.05) is 24.3 Å². The molecule has 7 rings (SSSR count). The number of methoxy groups -OCH3 is 1. The Hall–Kier alpha value is -3.13. The molecule has 4 saturated carbocycles. The van der Waals surface area contributed by atoms with Crippen LogP contribution >= 0.6 is 0 Å². The van der Waals surface area contributed by atoms with Gasteiger partial charge in [0.2, 0.25) is 0 Å². The molecule has 4 fully saturated rings. The summed E-state index contributed by atoms with van der Waals surface area (Å²) >= 11 is 0. The van der Waals surface area contributed by atoms with Crippen LogP contribution in [0.2, 0.25) is 0 Å². The molecule has 3 aromatic rings. The third-order valence-electron chi connectivity index (χ3n) is 7.60. The topological polar surface area (TPSA) is 112 Å². The number of hydrogen-bond donors (Lipinski definition) is 4. The second-order valence-electron chi connectivity index (χ2n) is 9.70. The number of ether oxygens (including phenoxy) is 1. The van der Waals surface area contributed by atoms with E-state index >= 15 is 0 Å². The Kier molecular flexibility index (Phi) is 4.40. The number of pyridine rings is 1. The molecule has 1 amide bonds. The first-order chi connectivity index (χ1) is 15.5. The SMILES string of the molecule is COc1ccc(NC(=O)c2cnc3nc[nH]c3c2NC2[C@@H]3CC4C[C@H]2CC(O)(C4)C3)cc1. The largest absolute Gasteiger partial charge is 0.497 e. The molecule has 5 atom stereocenters. The van der Waals surface area contributed by atoms with Crippen LogP contribution in [0.15, 0.2) is 36.8 Å².